The van der Waals surface area contributed by atoms with Crippen LogP contribution < -0.4 is 16.1 Å². The first kappa shape index (κ1) is 23.9. The number of hydroxylamine groups is 1. The van der Waals surface area contributed by atoms with Crippen LogP contribution >= 0.6 is 0 Å². The molecular formula is C28H27N3O4. The predicted octanol–water partition coefficient (Wildman–Crippen LogP) is 3.86. The minimum atomic E-state index is -0.592. The van der Waals surface area contributed by atoms with Gasteiger partial charge in [-0.15, -0.1) is 0 Å². The van der Waals surface area contributed by atoms with Gasteiger partial charge in [0.25, 0.3) is 17.7 Å². The molecule has 0 unspecified atom stereocenters. The number of rotatable bonds is 8. The highest BCUT2D eigenvalue weighted by atomic mass is 16.5. The van der Waals surface area contributed by atoms with Crippen molar-refractivity contribution in [2.75, 3.05) is 0 Å². The van der Waals surface area contributed by atoms with Gasteiger partial charge in [0.1, 0.15) is 0 Å². The molecule has 0 bridgehead atoms. The molecule has 1 aliphatic rings. The Bertz CT molecular complexity index is 1240. The Kier molecular flexibility index (Phi) is 7.38. The van der Waals surface area contributed by atoms with E-state index in [9.17, 15) is 14.4 Å². The zero-order valence-corrected chi connectivity index (χ0v) is 19.4. The first-order valence-electron chi connectivity index (χ1n) is 11.4. The highest BCUT2D eigenvalue weighted by Crippen LogP contribution is 2.24. The molecule has 35 heavy (non-hydrogen) atoms. The van der Waals surface area contributed by atoms with Crippen molar-refractivity contribution in [2.45, 2.75) is 32.4 Å². The summed E-state index contributed by atoms with van der Waals surface area (Å²) < 4.78 is 0. The van der Waals surface area contributed by atoms with Crippen LogP contribution in [0.5, 0.6) is 0 Å². The van der Waals surface area contributed by atoms with E-state index in [1.165, 1.54) is 0 Å². The van der Waals surface area contributed by atoms with Crippen LogP contribution in [0.1, 0.15) is 55.8 Å². The number of aryl methyl sites for hydroxylation is 1. The molecule has 0 heterocycles. The van der Waals surface area contributed by atoms with Gasteiger partial charge in [-0.1, -0.05) is 54.1 Å². The topological polar surface area (TPSA) is 108 Å². The second-order valence-corrected chi connectivity index (χ2v) is 8.61. The second-order valence-electron chi connectivity index (χ2n) is 8.61. The number of hydrogen-bond acceptors (Lipinski definition) is 4. The number of carbonyl (C=O) groups excluding carboxylic acids is 3. The maximum atomic E-state index is 12.9. The second kappa shape index (κ2) is 10.8. The van der Waals surface area contributed by atoms with Gasteiger partial charge in [-0.05, 0) is 66.8 Å². The van der Waals surface area contributed by atoms with Crippen molar-refractivity contribution in [3.05, 3.63) is 106 Å². The minimum absolute atomic E-state index is 0.0966. The molecule has 0 atom stereocenters. The summed E-state index contributed by atoms with van der Waals surface area (Å²) in [6, 6.07) is 21.7. The van der Waals surface area contributed by atoms with Gasteiger partial charge in [0.15, 0.2) is 0 Å². The molecule has 1 fully saturated rings. The number of benzene rings is 3. The highest BCUT2D eigenvalue weighted by Gasteiger charge is 2.25. The summed E-state index contributed by atoms with van der Waals surface area (Å²) >= 11 is 0. The Morgan fingerprint density at radius 2 is 1.40 bits per heavy atom. The van der Waals surface area contributed by atoms with Gasteiger partial charge in [0, 0.05) is 29.3 Å². The van der Waals surface area contributed by atoms with Crippen molar-refractivity contribution in [1.29, 1.82) is 0 Å². The lowest BCUT2D eigenvalue weighted by molar-refractivity contribution is -0.115. The van der Waals surface area contributed by atoms with Gasteiger partial charge in [-0.3, -0.25) is 19.6 Å². The lowest BCUT2D eigenvalue weighted by atomic mass is 10.00. The van der Waals surface area contributed by atoms with Crippen molar-refractivity contribution >= 4 is 29.4 Å². The quantitative estimate of drug-likeness (QED) is 0.174. The van der Waals surface area contributed by atoms with Gasteiger partial charge >= 0.3 is 0 Å². The number of nitrogens with one attached hydrogen (secondary N) is 3. The van der Waals surface area contributed by atoms with Crippen molar-refractivity contribution in [3.8, 4) is 0 Å². The summed E-state index contributed by atoms with van der Waals surface area (Å²) in [6.45, 7) is 2.30. The minimum Gasteiger partial charge on any atom is -0.349 e. The van der Waals surface area contributed by atoms with E-state index in [0.29, 0.717) is 23.2 Å². The monoisotopic (exact) mass is 469 g/mol. The van der Waals surface area contributed by atoms with E-state index in [-0.39, 0.29) is 17.9 Å². The molecule has 0 aliphatic heterocycles. The lowest BCUT2D eigenvalue weighted by Crippen LogP contribution is -2.26. The fourth-order valence-electron chi connectivity index (χ4n) is 3.52. The fourth-order valence-corrected chi connectivity index (χ4v) is 3.52. The van der Waals surface area contributed by atoms with Crippen LogP contribution in [-0.2, 0) is 11.3 Å². The maximum absolute atomic E-state index is 12.9. The lowest BCUT2D eigenvalue weighted by Gasteiger charge is -2.10. The van der Waals surface area contributed by atoms with Crippen molar-refractivity contribution in [1.82, 2.24) is 16.1 Å². The molecule has 0 radical (unpaired) electrons. The third-order valence-electron chi connectivity index (χ3n) is 5.77. The molecule has 0 aromatic heterocycles. The smallest absolute Gasteiger partial charge is 0.274 e. The summed E-state index contributed by atoms with van der Waals surface area (Å²) in [7, 11) is 0. The molecule has 7 heteroatoms. The molecule has 178 valence electrons. The summed E-state index contributed by atoms with van der Waals surface area (Å²) in [5, 5.41) is 14.6. The molecule has 3 aromatic rings. The van der Waals surface area contributed by atoms with Crippen LogP contribution in [0.3, 0.4) is 0 Å². The van der Waals surface area contributed by atoms with Gasteiger partial charge in [-0.2, -0.15) is 0 Å². The summed E-state index contributed by atoms with van der Waals surface area (Å²) in [4.78, 5) is 36.8. The third kappa shape index (κ3) is 6.43. The average molecular weight is 470 g/mol. The Labute approximate surface area is 203 Å². The molecule has 7 nitrogen and oxygen atoms in total. The first-order chi connectivity index (χ1) is 16.9. The molecule has 1 saturated carbocycles. The highest BCUT2D eigenvalue weighted by molar-refractivity contribution is 6.24. The van der Waals surface area contributed by atoms with E-state index in [4.69, 9.17) is 5.21 Å². The van der Waals surface area contributed by atoms with Crippen molar-refractivity contribution < 1.29 is 19.6 Å². The third-order valence-corrected chi connectivity index (χ3v) is 5.77. The molecule has 4 rings (SSSR count). The summed E-state index contributed by atoms with van der Waals surface area (Å²) in [6.07, 6.45) is 3.87. The van der Waals surface area contributed by atoms with Crippen LogP contribution in [0.25, 0.3) is 11.6 Å². The normalized spacial score (nSPS) is 13.1. The van der Waals surface area contributed by atoms with Crippen molar-refractivity contribution in [3.63, 3.8) is 0 Å². The average Bonchev–Trinajstić information content (AvgIpc) is 3.70. The summed E-state index contributed by atoms with van der Waals surface area (Å²) in [5.41, 5.74) is 6.60. The molecule has 0 saturated heterocycles. The predicted molar refractivity (Wildman–Crippen MR) is 134 cm³/mol. The SMILES string of the molecule is Cc1ccc(/C(=C/c2ccc(C(=O)NCc3ccc(C(=O)NO)cc3)cc2)C(=O)NC2CC2)cc1. The Balaban J connectivity index is 1.44. The van der Waals surface area contributed by atoms with E-state index in [2.05, 4.69) is 10.6 Å². The van der Waals surface area contributed by atoms with E-state index < -0.39 is 5.91 Å². The Morgan fingerprint density at radius 3 is 2.00 bits per heavy atom. The van der Waals surface area contributed by atoms with Crippen LogP contribution in [0.2, 0.25) is 0 Å². The largest absolute Gasteiger partial charge is 0.349 e. The summed E-state index contributed by atoms with van der Waals surface area (Å²) in [5.74, 6) is -0.922. The standard InChI is InChI=1S/C28H27N3O4/c1-18-2-8-21(9-3-18)25(28(34)30-24-14-15-24)16-19-4-10-22(11-5-19)26(32)29-17-20-6-12-23(13-7-20)27(33)31-35/h2-13,16,24,35H,14-15,17H2,1H3,(H,29,32)(H,30,34)(H,31,33)/b25-16-. The zero-order chi connectivity index (χ0) is 24.8. The van der Waals surface area contributed by atoms with E-state index in [1.54, 1.807) is 41.9 Å². The molecule has 1 aliphatic carbocycles. The molecule has 3 amide bonds. The number of amides is 3. The van der Waals surface area contributed by atoms with E-state index in [1.807, 2.05) is 49.4 Å². The van der Waals surface area contributed by atoms with E-state index in [0.717, 1.165) is 35.1 Å². The van der Waals surface area contributed by atoms with E-state index >= 15 is 0 Å². The molecule has 3 aromatic carbocycles. The maximum Gasteiger partial charge on any atom is 0.274 e. The molecular weight excluding hydrogens is 442 g/mol. The number of hydrogen-bond donors (Lipinski definition) is 4. The first-order valence-corrected chi connectivity index (χ1v) is 11.4. The van der Waals surface area contributed by atoms with Crippen LogP contribution in [0.15, 0.2) is 72.8 Å². The van der Waals surface area contributed by atoms with Crippen LogP contribution in [0.4, 0.5) is 0 Å². The Hall–Kier alpha value is -4.23. The van der Waals surface area contributed by atoms with Crippen molar-refractivity contribution in [2.24, 2.45) is 0 Å². The fraction of sp³-hybridized carbons (Fsp3) is 0.179. The molecule has 4 N–H and O–H groups in total. The number of carbonyl (C=O) groups is 3. The zero-order valence-electron chi connectivity index (χ0n) is 19.4. The van der Waals surface area contributed by atoms with Crippen LogP contribution in [-0.4, -0.2) is 29.0 Å². The van der Waals surface area contributed by atoms with Gasteiger partial charge in [-0.25, -0.2) is 5.48 Å². The van der Waals surface area contributed by atoms with Gasteiger partial charge in [0.05, 0.1) is 0 Å². The molecule has 0 spiro atoms. The van der Waals surface area contributed by atoms with Crippen LogP contribution in [0, 0.1) is 6.92 Å². The Morgan fingerprint density at radius 1 is 0.829 bits per heavy atom. The van der Waals surface area contributed by atoms with Gasteiger partial charge in [0.2, 0.25) is 0 Å². The van der Waals surface area contributed by atoms with Gasteiger partial charge < -0.3 is 10.6 Å².